The van der Waals surface area contributed by atoms with Crippen LogP contribution in [0.3, 0.4) is 0 Å². The molecule has 1 aromatic rings. The smallest absolute Gasteiger partial charge is 0.237 e. The zero-order valence-corrected chi connectivity index (χ0v) is 14.7. The van der Waals surface area contributed by atoms with Crippen LogP contribution in [0.2, 0.25) is 0 Å². The topological polar surface area (TPSA) is 98.5 Å². The van der Waals surface area contributed by atoms with Crippen molar-refractivity contribution in [1.29, 1.82) is 0 Å². The molecule has 1 amide bonds. The number of carbonyl (C=O) groups is 1. The number of carbonyl (C=O) groups excluding carboxylic acids is 1. The van der Waals surface area contributed by atoms with Crippen molar-refractivity contribution in [2.45, 2.75) is 38.8 Å². The molecule has 2 atom stereocenters. The number of rotatable bonds is 9. The minimum absolute atomic E-state index is 0.0987. The van der Waals surface area contributed by atoms with Crippen molar-refractivity contribution < 1.29 is 17.9 Å². The zero-order valence-electron chi connectivity index (χ0n) is 13.9. The molecule has 1 rings (SSSR count). The first-order valence-electron chi connectivity index (χ1n) is 7.66. The van der Waals surface area contributed by atoms with Gasteiger partial charge in [0.2, 0.25) is 5.91 Å². The van der Waals surface area contributed by atoms with Crippen LogP contribution in [0.5, 0.6) is 5.75 Å². The molecule has 3 N–H and O–H groups in total. The summed E-state index contributed by atoms with van der Waals surface area (Å²) in [5.74, 6) is 0.328. The van der Waals surface area contributed by atoms with Gasteiger partial charge in [-0.2, -0.15) is 0 Å². The van der Waals surface area contributed by atoms with Crippen LogP contribution in [0.15, 0.2) is 24.3 Å². The molecular formula is C16H26N2O4S. The molecule has 0 aliphatic rings. The molecule has 0 heterocycles. The largest absolute Gasteiger partial charge is 0.488 e. The summed E-state index contributed by atoms with van der Waals surface area (Å²) in [7, 11) is -3.12. The van der Waals surface area contributed by atoms with Crippen molar-refractivity contribution in [2.75, 3.05) is 18.6 Å². The van der Waals surface area contributed by atoms with E-state index in [1.807, 2.05) is 38.1 Å². The van der Waals surface area contributed by atoms with Crippen molar-refractivity contribution in [3.8, 4) is 5.75 Å². The van der Waals surface area contributed by atoms with E-state index in [2.05, 4.69) is 5.32 Å². The van der Waals surface area contributed by atoms with Gasteiger partial charge in [-0.1, -0.05) is 25.1 Å². The lowest BCUT2D eigenvalue weighted by Crippen LogP contribution is -2.45. The molecule has 1 aromatic carbocycles. The second-order valence-electron chi connectivity index (χ2n) is 5.68. The molecule has 0 radical (unpaired) electrons. The van der Waals surface area contributed by atoms with Gasteiger partial charge >= 0.3 is 0 Å². The fourth-order valence-corrected chi connectivity index (χ4v) is 2.64. The number of nitrogens with two attached hydrogens (primary N) is 1. The monoisotopic (exact) mass is 342 g/mol. The fourth-order valence-electron chi connectivity index (χ4n) is 1.96. The number of sulfone groups is 1. The lowest BCUT2D eigenvalue weighted by Gasteiger charge is -2.20. The van der Waals surface area contributed by atoms with Crippen LogP contribution >= 0.6 is 0 Å². The summed E-state index contributed by atoms with van der Waals surface area (Å²) < 4.78 is 28.1. The van der Waals surface area contributed by atoms with Gasteiger partial charge < -0.3 is 15.8 Å². The lowest BCUT2D eigenvalue weighted by atomic mass is 10.2. The Kier molecular flexibility index (Phi) is 7.51. The third-order valence-electron chi connectivity index (χ3n) is 3.48. The van der Waals surface area contributed by atoms with Gasteiger partial charge in [-0.25, -0.2) is 8.42 Å². The number of hydrogen-bond acceptors (Lipinski definition) is 5. The second kappa shape index (κ2) is 8.88. The molecule has 0 saturated carbocycles. The summed E-state index contributed by atoms with van der Waals surface area (Å²) >= 11 is 0. The van der Waals surface area contributed by atoms with Gasteiger partial charge in [-0.05, 0) is 31.4 Å². The van der Waals surface area contributed by atoms with E-state index < -0.39 is 15.9 Å². The maximum atomic E-state index is 11.9. The number of aryl methyl sites for hydroxylation is 1. The van der Waals surface area contributed by atoms with E-state index in [1.54, 1.807) is 0 Å². The van der Waals surface area contributed by atoms with Gasteiger partial charge in [0, 0.05) is 6.26 Å². The van der Waals surface area contributed by atoms with Crippen LogP contribution in [-0.2, 0) is 14.6 Å². The first kappa shape index (κ1) is 19.4. The predicted molar refractivity (Wildman–Crippen MR) is 91.2 cm³/mol. The highest BCUT2D eigenvalue weighted by molar-refractivity contribution is 7.90. The van der Waals surface area contributed by atoms with Crippen molar-refractivity contribution in [3.63, 3.8) is 0 Å². The average molecular weight is 342 g/mol. The van der Waals surface area contributed by atoms with Crippen LogP contribution in [0.4, 0.5) is 0 Å². The lowest BCUT2D eigenvalue weighted by molar-refractivity contribution is -0.122. The Morgan fingerprint density at radius 1 is 1.35 bits per heavy atom. The summed E-state index contributed by atoms with van der Waals surface area (Å²) in [6, 6.07) is 6.85. The van der Waals surface area contributed by atoms with Gasteiger partial charge in [0.25, 0.3) is 0 Å². The Balaban J connectivity index is 2.47. The van der Waals surface area contributed by atoms with Crippen molar-refractivity contribution in [2.24, 2.45) is 5.73 Å². The molecule has 23 heavy (non-hydrogen) atoms. The van der Waals surface area contributed by atoms with Crippen LogP contribution in [0.1, 0.15) is 25.3 Å². The molecule has 0 aliphatic heterocycles. The third-order valence-corrected chi connectivity index (χ3v) is 4.46. The molecule has 2 unspecified atom stereocenters. The minimum atomic E-state index is -3.12. The Hall–Kier alpha value is -1.60. The molecule has 0 bridgehead atoms. The Bertz CT molecular complexity index is 616. The minimum Gasteiger partial charge on any atom is -0.488 e. The Morgan fingerprint density at radius 2 is 2.00 bits per heavy atom. The number of ether oxygens (including phenoxy) is 1. The second-order valence-corrected chi connectivity index (χ2v) is 7.94. The van der Waals surface area contributed by atoms with E-state index in [0.717, 1.165) is 24.0 Å². The van der Waals surface area contributed by atoms with E-state index in [-0.39, 0.29) is 24.2 Å². The summed E-state index contributed by atoms with van der Waals surface area (Å²) in [6.45, 7) is 4.26. The number of nitrogens with one attached hydrogen (secondary N) is 1. The van der Waals surface area contributed by atoms with Crippen molar-refractivity contribution >= 4 is 15.7 Å². The molecule has 6 nitrogen and oxygen atoms in total. The van der Waals surface area contributed by atoms with Crippen LogP contribution in [0.25, 0.3) is 0 Å². The highest BCUT2D eigenvalue weighted by Gasteiger charge is 2.18. The van der Waals surface area contributed by atoms with Crippen molar-refractivity contribution in [1.82, 2.24) is 5.32 Å². The van der Waals surface area contributed by atoms with Crippen LogP contribution in [-0.4, -0.2) is 45.0 Å². The number of amides is 1. The summed E-state index contributed by atoms with van der Waals surface area (Å²) in [5.41, 5.74) is 6.74. The molecule has 130 valence electrons. The molecule has 0 saturated heterocycles. The highest BCUT2D eigenvalue weighted by atomic mass is 32.2. The van der Waals surface area contributed by atoms with Gasteiger partial charge in [-0.3, -0.25) is 4.79 Å². The Labute approximate surface area is 138 Å². The van der Waals surface area contributed by atoms with E-state index in [0.29, 0.717) is 6.54 Å². The SMILES string of the molecule is CCC(CNC(=O)C(N)CCS(C)(=O)=O)Oc1ccccc1C. The third kappa shape index (κ3) is 7.47. The molecule has 0 fully saturated rings. The standard InChI is InChI=1S/C16H26N2O4S/c1-4-13(22-15-8-6-5-7-12(15)2)11-18-16(19)14(17)9-10-23(3,20)21/h5-8,13-14H,4,9-11,17H2,1-3H3,(H,18,19). The normalized spacial score (nSPS) is 14.1. The van der Waals surface area contributed by atoms with Crippen molar-refractivity contribution in [3.05, 3.63) is 29.8 Å². The molecular weight excluding hydrogens is 316 g/mol. The molecule has 0 aliphatic carbocycles. The quantitative estimate of drug-likeness (QED) is 0.698. The molecule has 0 aromatic heterocycles. The van der Waals surface area contributed by atoms with Gasteiger partial charge in [-0.15, -0.1) is 0 Å². The number of para-hydroxylation sites is 1. The Morgan fingerprint density at radius 3 is 2.57 bits per heavy atom. The first-order chi connectivity index (χ1) is 10.7. The van der Waals surface area contributed by atoms with E-state index in [1.165, 1.54) is 0 Å². The van der Waals surface area contributed by atoms with Gasteiger partial charge in [0.1, 0.15) is 21.7 Å². The maximum absolute atomic E-state index is 11.9. The van der Waals surface area contributed by atoms with Gasteiger partial charge in [0.05, 0.1) is 18.3 Å². The van der Waals surface area contributed by atoms with Crippen LogP contribution in [0, 0.1) is 6.92 Å². The highest BCUT2D eigenvalue weighted by Crippen LogP contribution is 2.18. The maximum Gasteiger partial charge on any atom is 0.237 e. The fraction of sp³-hybridized carbons (Fsp3) is 0.562. The molecule has 7 heteroatoms. The van der Waals surface area contributed by atoms with E-state index >= 15 is 0 Å². The van der Waals surface area contributed by atoms with Crippen LogP contribution < -0.4 is 15.8 Å². The summed E-state index contributed by atoms with van der Waals surface area (Å²) in [6.07, 6.45) is 1.80. The van der Waals surface area contributed by atoms with E-state index in [4.69, 9.17) is 10.5 Å². The predicted octanol–water partition coefficient (Wildman–Crippen LogP) is 1.03. The zero-order chi connectivity index (χ0) is 17.5. The van der Waals surface area contributed by atoms with E-state index in [9.17, 15) is 13.2 Å². The molecule has 0 spiro atoms. The summed E-state index contributed by atoms with van der Waals surface area (Å²) in [5, 5.41) is 2.73. The number of hydrogen-bond donors (Lipinski definition) is 2. The first-order valence-corrected chi connectivity index (χ1v) is 9.72. The summed E-state index contributed by atoms with van der Waals surface area (Å²) in [4.78, 5) is 11.9. The van der Waals surface area contributed by atoms with Gasteiger partial charge in [0.15, 0.2) is 0 Å². The average Bonchev–Trinajstić information content (AvgIpc) is 2.49. The number of benzene rings is 1.